The lowest BCUT2D eigenvalue weighted by molar-refractivity contribution is 0.252. The molecular weight excluding hydrogens is 238 g/mol. The summed E-state index contributed by atoms with van der Waals surface area (Å²) in [5.74, 6) is 0. The molecule has 2 N–H and O–H groups in total. The van der Waals surface area contributed by atoms with Crippen molar-refractivity contribution < 1.29 is 4.79 Å². The molecule has 0 atom stereocenters. The van der Waals surface area contributed by atoms with E-state index < -0.39 is 0 Å². The van der Waals surface area contributed by atoms with Crippen LogP contribution in [0.15, 0.2) is 18.2 Å². The van der Waals surface area contributed by atoms with E-state index in [1.807, 2.05) is 13.0 Å². The Morgan fingerprint density at radius 3 is 2.94 bits per heavy atom. The third kappa shape index (κ3) is 4.33. The highest BCUT2D eigenvalue weighted by atomic mass is 35.5. The number of nitrogens with zero attached hydrogens (tertiary/aromatic N) is 1. The number of carbonyl (C=O) groups is 1. The predicted molar refractivity (Wildman–Crippen MR) is 68.1 cm³/mol. The van der Waals surface area contributed by atoms with E-state index in [1.165, 1.54) is 0 Å². The summed E-state index contributed by atoms with van der Waals surface area (Å²) in [6.45, 7) is 2.67. The summed E-state index contributed by atoms with van der Waals surface area (Å²) >= 11 is 5.91. The fourth-order valence-electron chi connectivity index (χ4n) is 1.24. The molecule has 5 heteroatoms. The van der Waals surface area contributed by atoms with Gasteiger partial charge in [-0.05, 0) is 24.6 Å². The lowest BCUT2D eigenvalue weighted by Crippen LogP contribution is -2.29. The van der Waals surface area contributed by atoms with E-state index in [4.69, 9.17) is 16.9 Å². The molecular formula is C12H14ClN3O. The molecule has 0 aliphatic carbocycles. The molecule has 0 saturated heterocycles. The molecule has 90 valence electrons. The van der Waals surface area contributed by atoms with Crippen LogP contribution in [-0.2, 0) is 0 Å². The summed E-state index contributed by atoms with van der Waals surface area (Å²) in [7, 11) is 0. The highest BCUT2D eigenvalue weighted by Gasteiger charge is 2.05. The fourth-order valence-corrected chi connectivity index (χ4v) is 1.40. The Morgan fingerprint density at radius 1 is 1.53 bits per heavy atom. The Labute approximate surface area is 106 Å². The van der Waals surface area contributed by atoms with Crippen molar-refractivity contribution in [1.29, 1.82) is 5.26 Å². The second-order valence-electron chi connectivity index (χ2n) is 3.54. The van der Waals surface area contributed by atoms with Gasteiger partial charge in [-0.1, -0.05) is 24.9 Å². The van der Waals surface area contributed by atoms with Crippen LogP contribution >= 0.6 is 11.6 Å². The van der Waals surface area contributed by atoms with Gasteiger partial charge in [0.2, 0.25) is 0 Å². The number of carbonyl (C=O) groups excluding carboxylic acids is 1. The van der Waals surface area contributed by atoms with Crippen LogP contribution in [0.25, 0.3) is 0 Å². The number of anilines is 1. The Bertz CT molecular complexity index is 440. The SMILES string of the molecule is CCCCNC(=O)Nc1cc(C#N)ccc1Cl. The molecule has 0 bridgehead atoms. The maximum absolute atomic E-state index is 11.5. The Balaban J connectivity index is 2.61. The molecule has 1 rings (SSSR count). The number of hydrogen-bond acceptors (Lipinski definition) is 2. The van der Waals surface area contributed by atoms with Crippen molar-refractivity contribution >= 4 is 23.3 Å². The number of rotatable bonds is 4. The van der Waals surface area contributed by atoms with Crippen molar-refractivity contribution in [2.24, 2.45) is 0 Å². The first-order chi connectivity index (χ1) is 8.17. The minimum Gasteiger partial charge on any atom is -0.338 e. The first kappa shape index (κ1) is 13.3. The van der Waals surface area contributed by atoms with E-state index in [2.05, 4.69) is 10.6 Å². The highest BCUT2D eigenvalue weighted by Crippen LogP contribution is 2.22. The van der Waals surface area contributed by atoms with Crippen LogP contribution in [0, 0.1) is 11.3 Å². The van der Waals surface area contributed by atoms with Crippen LogP contribution in [0.4, 0.5) is 10.5 Å². The average molecular weight is 252 g/mol. The van der Waals surface area contributed by atoms with Crippen LogP contribution < -0.4 is 10.6 Å². The van der Waals surface area contributed by atoms with Gasteiger partial charge in [-0.15, -0.1) is 0 Å². The van der Waals surface area contributed by atoms with Crippen LogP contribution in [0.2, 0.25) is 5.02 Å². The minimum absolute atomic E-state index is 0.310. The van der Waals surface area contributed by atoms with Crippen molar-refractivity contribution in [2.75, 3.05) is 11.9 Å². The molecule has 0 aliphatic rings. The highest BCUT2D eigenvalue weighted by molar-refractivity contribution is 6.33. The Morgan fingerprint density at radius 2 is 2.29 bits per heavy atom. The van der Waals surface area contributed by atoms with Gasteiger partial charge in [0, 0.05) is 6.54 Å². The first-order valence-electron chi connectivity index (χ1n) is 5.42. The first-order valence-corrected chi connectivity index (χ1v) is 5.79. The van der Waals surface area contributed by atoms with Gasteiger partial charge in [0.15, 0.2) is 0 Å². The molecule has 0 spiro atoms. The lowest BCUT2D eigenvalue weighted by atomic mass is 10.2. The second-order valence-corrected chi connectivity index (χ2v) is 3.95. The maximum atomic E-state index is 11.5. The number of hydrogen-bond donors (Lipinski definition) is 2. The third-order valence-corrected chi connectivity index (χ3v) is 2.49. The van der Waals surface area contributed by atoms with E-state index in [0.717, 1.165) is 12.8 Å². The van der Waals surface area contributed by atoms with Crippen LogP contribution in [0.5, 0.6) is 0 Å². The summed E-state index contributed by atoms with van der Waals surface area (Å²) in [6.07, 6.45) is 1.95. The molecule has 2 amide bonds. The normalized spacial score (nSPS) is 9.47. The van der Waals surface area contributed by atoms with E-state index in [-0.39, 0.29) is 6.03 Å². The van der Waals surface area contributed by atoms with Crippen molar-refractivity contribution in [3.8, 4) is 6.07 Å². The quantitative estimate of drug-likeness (QED) is 0.808. The number of benzene rings is 1. The summed E-state index contributed by atoms with van der Waals surface area (Å²) < 4.78 is 0. The molecule has 0 radical (unpaired) electrons. The van der Waals surface area contributed by atoms with Gasteiger partial charge in [-0.2, -0.15) is 5.26 Å². The zero-order valence-electron chi connectivity index (χ0n) is 9.59. The van der Waals surface area contributed by atoms with E-state index in [0.29, 0.717) is 22.8 Å². The van der Waals surface area contributed by atoms with Gasteiger partial charge in [-0.25, -0.2) is 4.79 Å². The second kappa shape index (κ2) is 6.77. The van der Waals surface area contributed by atoms with Crippen LogP contribution in [-0.4, -0.2) is 12.6 Å². The standard InChI is InChI=1S/C12H14ClN3O/c1-2-3-6-15-12(17)16-11-7-9(8-14)4-5-10(11)13/h4-5,7H,2-3,6H2,1H3,(H2,15,16,17). The number of nitrogens with one attached hydrogen (secondary N) is 2. The van der Waals surface area contributed by atoms with E-state index in [1.54, 1.807) is 18.2 Å². The van der Waals surface area contributed by atoms with Gasteiger partial charge in [0.05, 0.1) is 22.3 Å². The monoisotopic (exact) mass is 251 g/mol. The number of halogens is 1. The van der Waals surface area contributed by atoms with Crippen molar-refractivity contribution in [1.82, 2.24) is 5.32 Å². The summed E-state index contributed by atoms with van der Waals surface area (Å²) in [6, 6.07) is 6.41. The molecule has 0 aliphatic heterocycles. The lowest BCUT2D eigenvalue weighted by Gasteiger charge is -2.08. The minimum atomic E-state index is -0.310. The molecule has 1 aromatic carbocycles. The summed E-state index contributed by atoms with van der Waals surface area (Å²) in [5.41, 5.74) is 0.901. The number of amides is 2. The van der Waals surface area contributed by atoms with Gasteiger partial charge in [0.25, 0.3) is 0 Å². The maximum Gasteiger partial charge on any atom is 0.319 e. The Kier molecular flexibility index (Phi) is 5.31. The molecule has 17 heavy (non-hydrogen) atoms. The topological polar surface area (TPSA) is 64.9 Å². The molecule has 0 unspecified atom stereocenters. The average Bonchev–Trinajstić information content (AvgIpc) is 2.32. The molecule has 0 aromatic heterocycles. The largest absolute Gasteiger partial charge is 0.338 e. The number of urea groups is 1. The van der Waals surface area contributed by atoms with E-state index in [9.17, 15) is 4.79 Å². The predicted octanol–water partition coefficient (Wildman–Crippen LogP) is 3.13. The Hall–Kier alpha value is -1.73. The molecule has 0 heterocycles. The van der Waals surface area contributed by atoms with E-state index >= 15 is 0 Å². The van der Waals surface area contributed by atoms with Gasteiger partial charge >= 0.3 is 6.03 Å². The zero-order valence-corrected chi connectivity index (χ0v) is 10.3. The molecule has 1 aromatic rings. The zero-order chi connectivity index (χ0) is 12.7. The molecule has 4 nitrogen and oxygen atoms in total. The fraction of sp³-hybridized carbons (Fsp3) is 0.333. The smallest absolute Gasteiger partial charge is 0.319 e. The molecule has 0 fully saturated rings. The van der Waals surface area contributed by atoms with Gasteiger partial charge in [-0.3, -0.25) is 0 Å². The van der Waals surface area contributed by atoms with Crippen molar-refractivity contribution in [2.45, 2.75) is 19.8 Å². The summed E-state index contributed by atoms with van der Waals surface area (Å²) in [4.78, 5) is 11.5. The number of nitriles is 1. The van der Waals surface area contributed by atoms with Gasteiger partial charge in [0.1, 0.15) is 0 Å². The number of unbranched alkanes of at least 4 members (excludes halogenated alkanes) is 1. The van der Waals surface area contributed by atoms with Crippen LogP contribution in [0.3, 0.4) is 0 Å². The van der Waals surface area contributed by atoms with Crippen molar-refractivity contribution in [3.63, 3.8) is 0 Å². The van der Waals surface area contributed by atoms with Crippen LogP contribution in [0.1, 0.15) is 25.3 Å². The van der Waals surface area contributed by atoms with Crippen molar-refractivity contribution in [3.05, 3.63) is 28.8 Å². The third-order valence-electron chi connectivity index (χ3n) is 2.16. The molecule has 0 saturated carbocycles. The van der Waals surface area contributed by atoms with Gasteiger partial charge < -0.3 is 10.6 Å². The summed E-state index contributed by atoms with van der Waals surface area (Å²) in [5, 5.41) is 14.5.